The number of rotatable bonds is 16. The average Bonchev–Trinajstić information content (AvgIpc) is 2.84. The van der Waals surface area contributed by atoms with Crippen molar-refractivity contribution in [2.45, 2.75) is 50.5 Å². The second kappa shape index (κ2) is 15.8. The van der Waals surface area contributed by atoms with Crippen LogP contribution in [0.2, 0.25) is 0 Å². The van der Waals surface area contributed by atoms with Crippen LogP contribution in [0.4, 0.5) is 4.79 Å². The first kappa shape index (κ1) is 30.9. The summed E-state index contributed by atoms with van der Waals surface area (Å²) in [6, 6.07) is 0. The Balaban J connectivity index is 2.87. The molecule has 0 radical (unpaired) electrons. The number of nitrogens with two attached hydrogens (primary N) is 3. The number of allylic oxidation sites excluding steroid dienone is 2. The first-order chi connectivity index (χ1) is 17.5. The van der Waals surface area contributed by atoms with Gasteiger partial charge in [-0.15, -0.1) is 0 Å². The Morgan fingerprint density at radius 2 is 1.92 bits per heavy atom. The minimum Gasteiger partial charge on any atom is -0.481 e. The molecule has 206 valence electrons. The number of aliphatic imine (C=N–C) groups is 1. The van der Waals surface area contributed by atoms with Crippen LogP contribution in [0.5, 0.6) is 0 Å². The number of carboxylic acid groups (broad SMARTS) is 1. The van der Waals surface area contributed by atoms with Crippen molar-refractivity contribution in [2.75, 3.05) is 26.7 Å². The predicted octanol–water partition coefficient (Wildman–Crippen LogP) is -0.549. The van der Waals surface area contributed by atoms with E-state index < -0.39 is 35.8 Å². The van der Waals surface area contributed by atoms with Gasteiger partial charge in [0.15, 0.2) is 5.96 Å². The third kappa shape index (κ3) is 11.9. The van der Waals surface area contributed by atoms with E-state index in [1.165, 1.54) is 0 Å². The number of carbonyl (C=O) groups excluding carboxylic acids is 3. The second-order valence-electron chi connectivity index (χ2n) is 8.63. The topological polar surface area (TPSA) is 248 Å². The lowest BCUT2D eigenvalue weighted by molar-refractivity contribution is -0.138. The summed E-state index contributed by atoms with van der Waals surface area (Å²) in [5, 5.41) is 24.6. The summed E-state index contributed by atoms with van der Waals surface area (Å²) >= 11 is 0. The molecule has 0 spiro atoms. The lowest BCUT2D eigenvalue weighted by Crippen LogP contribution is -2.60. The van der Waals surface area contributed by atoms with Crippen molar-refractivity contribution in [3.8, 4) is 0 Å². The molecule has 0 fully saturated rings. The number of hydrogen-bond acceptors (Lipinski definition) is 7. The van der Waals surface area contributed by atoms with Gasteiger partial charge in [0.05, 0.1) is 13.7 Å². The number of nitrogens with zero attached hydrogens (tertiary/aromatic N) is 1. The molecule has 37 heavy (non-hydrogen) atoms. The molecule has 0 heterocycles. The van der Waals surface area contributed by atoms with E-state index in [2.05, 4.69) is 25.7 Å². The molecule has 0 aromatic carbocycles. The van der Waals surface area contributed by atoms with Crippen LogP contribution in [-0.4, -0.2) is 73.1 Å². The standard InChI is InChI=1S/C23H38N8O6/c1-37-22(36)31-23(9-8-18(33)34,13-15-6-5-7-16(12-15)19(24)25)20(35)30-14-17(32)28-10-3-2-4-11-29-21(26)27/h5,7,12,15H,2-4,6,8-11,13-14H2,1H3,(H3,24,25)(H,28,32)(H,30,35)(H,31,36)(H,33,34)(H4,26,27,29). The highest BCUT2D eigenvalue weighted by molar-refractivity contribution is 5.97. The van der Waals surface area contributed by atoms with E-state index in [0.29, 0.717) is 31.5 Å². The molecule has 1 aliphatic carbocycles. The Morgan fingerprint density at radius 3 is 2.54 bits per heavy atom. The number of ether oxygens (including phenoxy) is 1. The van der Waals surface area contributed by atoms with E-state index in [0.717, 1.165) is 20.0 Å². The van der Waals surface area contributed by atoms with Crippen LogP contribution in [0.25, 0.3) is 0 Å². The Bertz CT molecular complexity index is 928. The molecule has 1 rings (SSSR count). The quantitative estimate of drug-likeness (QED) is 0.0734. The molecule has 2 unspecified atom stereocenters. The Hall–Kier alpha value is -4.10. The van der Waals surface area contributed by atoms with Crippen LogP contribution in [0, 0.1) is 11.3 Å². The molecule has 14 heteroatoms. The highest BCUT2D eigenvalue weighted by atomic mass is 16.5. The van der Waals surface area contributed by atoms with Crippen molar-refractivity contribution in [3.63, 3.8) is 0 Å². The maximum Gasteiger partial charge on any atom is 0.407 e. The zero-order valence-corrected chi connectivity index (χ0v) is 21.0. The molecule has 14 nitrogen and oxygen atoms in total. The SMILES string of the molecule is COC(=O)NC(CCC(=O)O)(CC1C=C(C(=N)N)C=CC1)C(=O)NCC(=O)NCCCCCN=C(N)N. The fourth-order valence-electron chi connectivity index (χ4n) is 3.80. The molecule has 0 saturated carbocycles. The number of aliphatic carboxylic acids is 1. The minimum atomic E-state index is -1.69. The predicted molar refractivity (Wildman–Crippen MR) is 138 cm³/mol. The largest absolute Gasteiger partial charge is 0.481 e. The molecule has 11 N–H and O–H groups in total. The summed E-state index contributed by atoms with van der Waals surface area (Å²) < 4.78 is 4.68. The van der Waals surface area contributed by atoms with Crippen LogP contribution < -0.4 is 33.2 Å². The second-order valence-corrected chi connectivity index (χ2v) is 8.63. The monoisotopic (exact) mass is 522 g/mol. The summed E-state index contributed by atoms with van der Waals surface area (Å²) in [5.41, 5.74) is 14.9. The average molecular weight is 523 g/mol. The van der Waals surface area contributed by atoms with Crippen LogP contribution in [0.1, 0.15) is 44.9 Å². The number of hydrogen-bond donors (Lipinski definition) is 8. The van der Waals surface area contributed by atoms with Gasteiger partial charge in [-0.1, -0.05) is 18.2 Å². The summed E-state index contributed by atoms with van der Waals surface area (Å²) in [5.74, 6) is -2.80. The first-order valence-corrected chi connectivity index (χ1v) is 11.9. The number of methoxy groups -OCH3 is 1. The normalized spacial score (nSPS) is 15.9. The lowest BCUT2D eigenvalue weighted by Gasteiger charge is -2.35. The Labute approximate surface area is 215 Å². The molecule has 0 aromatic heterocycles. The van der Waals surface area contributed by atoms with Gasteiger partial charge in [-0.25, -0.2) is 4.79 Å². The lowest BCUT2D eigenvalue weighted by atomic mass is 9.79. The third-order valence-corrected chi connectivity index (χ3v) is 5.66. The number of nitrogens with one attached hydrogen (secondary N) is 4. The van der Waals surface area contributed by atoms with E-state index in [-0.39, 0.29) is 37.1 Å². The van der Waals surface area contributed by atoms with E-state index in [1.54, 1.807) is 18.2 Å². The highest BCUT2D eigenvalue weighted by Gasteiger charge is 2.42. The van der Waals surface area contributed by atoms with Crippen molar-refractivity contribution in [1.29, 1.82) is 5.41 Å². The number of unbranched alkanes of at least 4 members (excludes halogenated alkanes) is 2. The van der Waals surface area contributed by atoms with Crippen molar-refractivity contribution in [1.82, 2.24) is 16.0 Å². The van der Waals surface area contributed by atoms with Crippen molar-refractivity contribution in [2.24, 2.45) is 28.1 Å². The molecular weight excluding hydrogens is 484 g/mol. The molecule has 0 bridgehead atoms. The fraction of sp³-hybridized carbons (Fsp3) is 0.565. The van der Waals surface area contributed by atoms with Crippen molar-refractivity contribution >= 4 is 35.7 Å². The maximum atomic E-state index is 13.3. The van der Waals surface area contributed by atoms with E-state index in [1.807, 2.05) is 0 Å². The van der Waals surface area contributed by atoms with Crippen LogP contribution in [-0.2, 0) is 19.1 Å². The van der Waals surface area contributed by atoms with Crippen LogP contribution >= 0.6 is 0 Å². The van der Waals surface area contributed by atoms with Gasteiger partial charge in [-0.2, -0.15) is 0 Å². The minimum absolute atomic E-state index is 0.000250. The van der Waals surface area contributed by atoms with E-state index in [4.69, 9.17) is 22.6 Å². The smallest absolute Gasteiger partial charge is 0.407 e. The zero-order chi connectivity index (χ0) is 27.8. The summed E-state index contributed by atoms with van der Waals surface area (Å²) in [4.78, 5) is 53.0. The molecular formula is C23H38N8O6. The number of carbonyl (C=O) groups is 4. The van der Waals surface area contributed by atoms with Gasteiger partial charge in [-0.05, 0) is 44.4 Å². The van der Waals surface area contributed by atoms with Gasteiger partial charge in [0, 0.05) is 25.1 Å². The van der Waals surface area contributed by atoms with Gasteiger partial charge in [0.2, 0.25) is 11.8 Å². The summed E-state index contributed by atoms with van der Waals surface area (Å²) in [6.45, 7) is 0.509. The number of guanidine groups is 1. The van der Waals surface area contributed by atoms with Crippen LogP contribution in [0.15, 0.2) is 28.8 Å². The van der Waals surface area contributed by atoms with Gasteiger partial charge < -0.3 is 43.0 Å². The van der Waals surface area contributed by atoms with Crippen molar-refractivity contribution < 1.29 is 29.0 Å². The zero-order valence-electron chi connectivity index (χ0n) is 21.0. The molecule has 0 aliphatic heterocycles. The summed E-state index contributed by atoms with van der Waals surface area (Å²) in [6.07, 6.45) is 6.28. The van der Waals surface area contributed by atoms with Crippen molar-refractivity contribution in [3.05, 3.63) is 23.8 Å². The molecule has 0 saturated heterocycles. The fourth-order valence-corrected chi connectivity index (χ4v) is 3.80. The third-order valence-electron chi connectivity index (χ3n) is 5.66. The molecule has 2 atom stereocenters. The molecule has 3 amide bonds. The van der Waals surface area contributed by atoms with Gasteiger partial charge in [0.25, 0.3) is 0 Å². The Morgan fingerprint density at radius 1 is 1.19 bits per heavy atom. The van der Waals surface area contributed by atoms with E-state index >= 15 is 0 Å². The number of carboxylic acids is 1. The Kier molecular flexibility index (Phi) is 13.2. The van der Waals surface area contributed by atoms with Gasteiger partial charge >= 0.3 is 12.1 Å². The van der Waals surface area contributed by atoms with Gasteiger partial charge in [-0.3, -0.25) is 24.8 Å². The number of amides is 3. The highest BCUT2D eigenvalue weighted by Crippen LogP contribution is 2.30. The van der Waals surface area contributed by atoms with Crippen LogP contribution in [0.3, 0.4) is 0 Å². The van der Waals surface area contributed by atoms with Gasteiger partial charge in [0.1, 0.15) is 11.4 Å². The number of alkyl carbamates (subject to hydrolysis) is 1. The maximum absolute atomic E-state index is 13.3. The summed E-state index contributed by atoms with van der Waals surface area (Å²) in [7, 11) is 1.12. The molecule has 0 aromatic rings. The first-order valence-electron chi connectivity index (χ1n) is 11.9. The number of amidine groups is 1. The molecule has 1 aliphatic rings. The van der Waals surface area contributed by atoms with E-state index in [9.17, 15) is 24.3 Å².